The van der Waals surface area contributed by atoms with Crippen LogP contribution in [-0.2, 0) is 6.61 Å². The van der Waals surface area contributed by atoms with Gasteiger partial charge in [0, 0.05) is 24.3 Å². The minimum atomic E-state index is -0.298. The highest BCUT2D eigenvalue weighted by molar-refractivity contribution is 5.53. The first-order chi connectivity index (χ1) is 7.58. The van der Waals surface area contributed by atoms with Crippen molar-refractivity contribution in [1.82, 2.24) is 0 Å². The van der Waals surface area contributed by atoms with Crippen LogP contribution >= 0.6 is 0 Å². The fourth-order valence-corrected chi connectivity index (χ4v) is 1.83. The molecule has 0 aliphatic rings. The van der Waals surface area contributed by atoms with Crippen LogP contribution in [0.2, 0.25) is 0 Å². The number of hydrogen-bond acceptors (Lipinski definition) is 2. The molecule has 0 aromatic heterocycles. The molecule has 1 rings (SSSR count). The number of anilines is 1. The molecule has 90 valence electrons. The molecule has 0 radical (unpaired) electrons. The summed E-state index contributed by atoms with van der Waals surface area (Å²) in [6.45, 7) is 8.00. The quantitative estimate of drug-likeness (QED) is 0.833. The molecule has 0 fully saturated rings. The van der Waals surface area contributed by atoms with Crippen molar-refractivity contribution in [3.8, 4) is 0 Å². The van der Waals surface area contributed by atoms with Gasteiger partial charge in [0.2, 0.25) is 0 Å². The summed E-state index contributed by atoms with van der Waals surface area (Å²) in [5.41, 5.74) is 1.59. The summed E-state index contributed by atoms with van der Waals surface area (Å²) >= 11 is 0. The van der Waals surface area contributed by atoms with Gasteiger partial charge in [0.15, 0.2) is 0 Å². The van der Waals surface area contributed by atoms with Crippen molar-refractivity contribution in [2.45, 2.75) is 27.4 Å². The smallest absolute Gasteiger partial charge is 0.123 e. The fraction of sp³-hybridized carbons (Fsp3) is 0.538. The van der Waals surface area contributed by atoms with Crippen LogP contribution in [0.5, 0.6) is 0 Å². The Hall–Kier alpha value is -1.09. The number of hydrogen-bond donors (Lipinski definition) is 1. The van der Waals surface area contributed by atoms with Crippen LogP contribution in [0.4, 0.5) is 10.1 Å². The highest BCUT2D eigenvalue weighted by Crippen LogP contribution is 2.22. The number of aliphatic hydroxyl groups excluding tert-OH is 1. The number of nitrogens with zero attached hydrogens (tertiary/aromatic N) is 1. The summed E-state index contributed by atoms with van der Waals surface area (Å²) in [6, 6.07) is 4.59. The van der Waals surface area contributed by atoms with Crippen LogP contribution in [0.3, 0.4) is 0 Å². The zero-order chi connectivity index (χ0) is 12.1. The van der Waals surface area contributed by atoms with Gasteiger partial charge in [-0.25, -0.2) is 4.39 Å². The molecule has 0 amide bonds. The first-order valence-corrected chi connectivity index (χ1v) is 5.72. The lowest BCUT2D eigenvalue weighted by Crippen LogP contribution is -2.28. The first-order valence-electron chi connectivity index (χ1n) is 5.72. The van der Waals surface area contributed by atoms with E-state index in [4.69, 9.17) is 0 Å². The molecule has 0 atom stereocenters. The Morgan fingerprint density at radius 2 is 2.06 bits per heavy atom. The second-order valence-corrected chi connectivity index (χ2v) is 4.36. The molecule has 2 nitrogen and oxygen atoms in total. The van der Waals surface area contributed by atoms with E-state index in [1.807, 2.05) is 0 Å². The number of halogens is 1. The van der Waals surface area contributed by atoms with E-state index in [-0.39, 0.29) is 12.4 Å². The summed E-state index contributed by atoms with van der Waals surface area (Å²) in [5, 5.41) is 9.23. The normalized spacial score (nSPS) is 10.9. The highest BCUT2D eigenvalue weighted by atomic mass is 19.1. The Bertz CT molecular complexity index is 339. The second-order valence-electron chi connectivity index (χ2n) is 4.36. The summed E-state index contributed by atoms with van der Waals surface area (Å²) in [7, 11) is 0. The van der Waals surface area contributed by atoms with E-state index in [2.05, 4.69) is 25.7 Å². The van der Waals surface area contributed by atoms with Gasteiger partial charge in [0.1, 0.15) is 5.82 Å². The van der Waals surface area contributed by atoms with Gasteiger partial charge >= 0.3 is 0 Å². The van der Waals surface area contributed by atoms with Crippen molar-refractivity contribution < 1.29 is 9.50 Å². The molecular formula is C13H20FNO. The minimum absolute atomic E-state index is 0.123. The zero-order valence-electron chi connectivity index (χ0n) is 10.2. The molecule has 1 aromatic carbocycles. The molecule has 1 N–H and O–H groups in total. The van der Waals surface area contributed by atoms with E-state index in [0.29, 0.717) is 11.5 Å². The lowest BCUT2D eigenvalue weighted by atomic mass is 10.1. The van der Waals surface area contributed by atoms with Gasteiger partial charge in [-0.05, 0) is 31.0 Å². The highest BCUT2D eigenvalue weighted by Gasteiger charge is 2.11. The predicted octanol–water partition coefficient (Wildman–Crippen LogP) is 2.80. The molecule has 0 unspecified atom stereocenters. The second kappa shape index (κ2) is 5.85. The van der Waals surface area contributed by atoms with Crippen molar-refractivity contribution in [1.29, 1.82) is 0 Å². The third-order valence-corrected chi connectivity index (χ3v) is 2.52. The van der Waals surface area contributed by atoms with Gasteiger partial charge in [-0.1, -0.05) is 13.8 Å². The number of rotatable bonds is 5. The summed E-state index contributed by atoms with van der Waals surface area (Å²) < 4.78 is 13.0. The molecule has 0 bridgehead atoms. The van der Waals surface area contributed by atoms with E-state index in [1.165, 1.54) is 12.1 Å². The fourth-order valence-electron chi connectivity index (χ4n) is 1.83. The van der Waals surface area contributed by atoms with Crippen molar-refractivity contribution >= 4 is 5.69 Å². The lowest BCUT2D eigenvalue weighted by molar-refractivity contribution is 0.281. The van der Waals surface area contributed by atoms with Crippen LogP contribution in [-0.4, -0.2) is 18.2 Å². The van der Waals surface area contributed by atoms with Crippen LogP contribution in [0, 0.1) is 11.7 Å². The average Bonchev–Trinajstić information content (AvgIpc) is 2.25. The maximum Gasteiger partial charge on any atom is 0.123 e. The Balaban J connectivity index is 2.99. The molecule has 3 heteroatoms. The van der Waals surface area contributed by atoms with E-state index >= 15 is 0 Å². The lowest BCUT2D eigenvalue weighted by Gasteiger charge is -2.27. The molecule has 16 heavy (non-hydrogen) atoms. The Morgan fingerprint density at radius 1 is 1.38 bits per heavy atom. The molecular weight excluding hydrogens is 205 g/mol. The molecule has 0 heterocycles. The molecule has 0 spiro atoms. The third-order valence-electron chi connectivity index (χ3n) is 2.52. The molecule has 0 saturated carbocycles. The summed E-state index contributed by atoms with van der Waals surface area (Å²) in [6.07, 6.45) is 0. The monoisotopic (exact) mass is 225 g/mol. The van der Waals surface area contributed by atoms with Crippen molar-refractivity contribution in [3.63, 3.8) is 0 Å². The minimum Gasteiger partial charge on any atom is -0.392 e. The largest absolute Gasteiger partial charge is 0.392 e. The standard InChI is InChI=1S/C13H20FNO/c1-4-15(8-10(2)3)13-6-5-12(14)7-11(13)9-16/h5-7,10,16H,4,8-9H2,1-3H3. The third kappa shape index (κ3) is 3.20. The molecule has 1 aromatic rings. The maximum atomic E-state index is 13.0. The van der Waals surface area contributed by atoms with Crippen molar-refractivity contribution in [2.75, 3.05) is 18.0 Å². The molecule has 0 aliphatic heterocycles. The summed E-state index contributed by atoms with van der Waals surface area (Å²) in [5.74, 6) is 0.241. The van der Waals surface area contributed by atoms with Gasteiger partial charge in [0.25, 0.3) is 0 Å². The van der Waals surface area contributed by atoms with E-state index in [0.717, 1.165) is 18.8 Å². The van der Waals surface area contributed by atoms with Crippen LogP contribution in [0.15, 0.2) is 18.2 Å². The van der Waals surface area contributed by atoms with Gasteiger partial charge in [-0.15, -0.1) is 0 Å². The first kappa shape index (κ1) is 13.0. The number of benzene rings is 1. The van der Waals surface area contributed by atoms with Gasteiger partial charge in [-0.3, -0.25) is 0 Å². The Kier molecular flexibility index (Phi) is 4.74. The van der Waals surface area contributed by atoms with Crippen LogP contribution < -0.4 is 4.90 Å². The van der Waals surface area contributed by atoms with Gasteiger partial charge in [-0.2, -0.15) is 0 Å². The zero-order valence-corrected chi connectivity index (χ0v) is 10.2. The van der Waals surface area contributed by atoms with Gasteiger partial charge in [0.05, 0.1) is 6.61 Å². The number of aliphatic hydroxyl groups is 1. The molecule has 0 aliphatic carbocycles. The predicted molar refractivity (Wildman–Crippen MR) is 65.0 cm³/mol. The molecule has 0 saturated heterocycles. The van der Waals surface area contributed by atoms with Crippen LogP contribution in [0.1, 0.15) is 26.3 Å². The SMILES string of the molecule is CCN(CC(C)C)c1ccc(F)cc1CO. The van der Waals surface area contributed by atoms with Crippen LogP contribution in [0.25, 0.3) is 0 Å². The van der Waals surface area contributed by atoms with Crippen molar-refractivity contribution in [3.05, 3.63) is 29.6 Å². The Labute approximate surface area is 96.7 Å². The Morgan fingerprint density at radius 3 is 2.56 bits per heavy atom. The topological polar surface area (TPSA) is 23.5 Å². The van der Waals surface area contributed by atoms with E-state index in [1.54, 1.807) is 6.07 Å². The average molecular weight is 225 g/mol. The van der Waals surface area contributed by atoms with E-state index in [9.17, 15) is 9.50 Å². The maximum absolute atomic E-state index is 13.0. The summed E-state index contributed by atoms with van der Waals surface area (Å²) in [4.78, 5) is 2.16. The van der Waals surface area contributed by atoms with Gasteiger partial charge < -0.3 is 10.0 Å². The van der Waals surface area contributed by atoms with E-state index < -0.39 is 0 Å². The van der Waals surface area contributed by atoms with Crippen molar-refractivity contribution in [2.24, 2.45) is 5.92 Å².